The number of carboxylic acid groups (broad SMARTS) is 1. The van der Waals surface area contributed by atoms with Gasteiger partial charge in [0.1, 0.15) is 11.3 Å². The molecule has 0 unspecified atom stereocenters. The van der Waals surface area contributed by atoms with Crippen LogP contribution in [0.2, 0.25) is 0 Å². The number of non-ortho nitro benzene ring substituents is 1. The molecule has 2 N–H and O–H groups in total. The number of aromatic hydroxyl groups is 1. The number of nitro groups is 1. The predicted molar refractivity (Wildman–Crippen MR) is 179 cm³/mol. The molecule has 4 aromatic carbocycles. The lowest BCUT2D eigenvalue weighted by Gasteiger charge is -2.28. The van der Waals surface area contributed by atoms with Crippen molar-refractivity contribution in [3.63, 3.8) is 0 Å². The molecule has 5 rings (SSSR count). The number of rotatable bonds is 12. The average Bonchev–Trinajstić information content (AvgIpc) is 3.05. The van der Waals surface area contributed by atoms with Crippen LogP contribution in [0.4, 0.5) is 11.4 Å². The number of anilines is 1. The molecule has 238 valence electrons. The third-order valence-corrected chi connectivity index (χ3v) is 9.27. The molecular weight excluding hydrogens is 602 g/mol. The Labute approximate surface area is 272 Å². The molecule has 0 aromatic heterocycles. The van der Waals surface area contributed by atoms with Crippen LogP contribution < -0.4 is 4.90 Å². The summed E-state index contributed by atoms with van der Waals surface area (Å²) in [7, 11) is 0. The van der Waals surface area contributed by atoms with Gasteiger partial charge in [-0.05, 0) is 78.6 Å². The van der Waals surface area contributed by atoms with Crippen molar-refractivity contribution in [1.29, 1.82) is 0 Å². The number of nitrogens with zero attached hydrogens (tertiary/aromatic N) is 3. The smallest absolute Gasteiger partial charge is 0.339 e. The Morgan fingerprint density at radius 3 is 2.26 bits per heavy atom. The van der Waals surface area contributed by atoms with Gasteiger partial charge in [-0.3, -0.25) is 14.9 Å². The van der Waals surface area contributed by atoms with Crippen LogP contribution in [-0.4, -0.2) is 37.9 Å². The molecule has 0 radical (unpaired) electrons. The fourth-order valence-corrected chi connectivity index (χ4v) is 6.73. The number of carbonyl (C=O) groups excluding carboxylic acids is 1. The van der Waals surface area contributed by atoms with Gasteiger partial charge >= 0.3 is 5.97 Å². The molecule has 10 heteroatoms. The van der Waals surface area contributed by atoms with E-state index in [4.69, 9.17) is 0 Å². The Morgan fingerprint density at radius 1 is 0.891 bits per heavy atom. The Morgan fingerprint density at radius 2 is 1.61 bits per heavy atom. The monoisotopic (exact) mass is 639 g/mol. The van der Waals surface area contributed by atoms with Crippen LogP contribution in [-0.2, 0) is 17.9 Å². The van der Waals surface area contributed by atoms with E-state index in [0.717, 1.165) is 16.0 Å². The van der Waals surface area contributed by atoms with Crippen molar-refractivity contribution < 1.29 is 24.7 Å². The molecule has 0 bridgehead atoms. The average molecular weight is 640 g/mol. The van der Waals surface area contributed by atoms with Gasteiger partial charge in [-0.1, -0.05) is 73.4 Å². The quantitative estimate of drug-likeness (QED) is 0.0905. The number of amides is 1. The first-order valence-corrected chi connectivity index (χ1v) is 16.1. The lowest BCUT2D eigenvalue weighted by atomic mass is 9.84. The van der Waals surface area contributed by atoms with Crippen LogP contribution in [0.1, 0.15) is 70.6 Å². The van der Waals surface area contributed by atoms with Gasteiger partial charge in [-0.2, -0.15) is 0 Å². The molecule has 0 aliphatic heterocycles. The highest BCUT2D eigenvalue weighted by atomic mass is 32.2. The van der Waals surface area contributed by atoms with E-state index in [1.54, 1.807) is 12.1 Å². The Balaban J connectivity index is 1.44. The Bertz CT molecular complexity index is 1690. The van der Waals surface area contributed by atoms with Gasteiger partial charge < -0.3 is 15.1 Å². The second-order valence-corrected chi connectivity index (χ2v) is 12.9. The molecule has 46 heavy (non-hydrogen) atoms. The largest absolute Gasteiger partial charge is 0.507 e. The Hall–Kier alpha value is -4.67. The van der Waals surface area contributed by atoms with Crippen LogP contribution in [0, 0.1) is 17.0 Å². The summed E-state index contributed by atoms with van der Waals surface area (Å²) >= 11 is 1.37. The first-order valence-electron chi connectivity index (χ1n) is 15.3. The highest BCUT2D eigenvalue weighted by Gasteiger charge is 2.24. The number of carboxylic acids is 1. The molecule has 0 heterocycles. The second kappa shape index (κ2) is 15.1. The maximum absolute atomic E-state index is 14.2. The van der Waals surface area contributed by atoms with Crippen molar-refractivity contribution in [2.45, 2.75) is 62.9 Å². The van der Waals surface area contributed by atoms with E-state index in [1.165, 1.54) is 84.8 Å². The highest BCUT2D eigenvalue weighted by Crippen LogP contribution is 2.33. The summed E-state index contributed by atoms with van der Waals surface area (Å²) in [6.45, 7) is 2.38. The number of phenols is 1. The minimum absolute atomic E-state index is 0.0311. The summed E-state index contributed by atoms with van der Waals surface area (Å²) < 4.78 is 1.84. The summed E-state index contributed by atoms with van der Waals surface area (Å²) in [5.41, 5.74) is 4.03. The number of benzene rings is 4. The number of carbonyl (C=O) groups is 2. The minimum atomic E-state index is -1.27. The zero-order chi connectivity index (χ0) is 32.6. The Kier molecular flexibility index (Phi) is 10.7. The first-order chi connectivity index (χ1) is 22.2. The molecule has 0 spiro atoms. The standard InChI is InChI=1S/C36H37N3O6S/c1-25-10-17-32(18-11-25)46-37(22-27-6-5-9-31(20-27)39(44)45)24-35(41)38(30-16-19-33(36(42)43)34(40)21-30)23-26-12-14-29(15-13-26)28-7-3-2-4-8-28/h5-6,9-21,28,40H,2-4,7-8,22-24H2,1H3,(H,42,43). The zero-order valence-electron chi connectivity index (χ0n) is 25.7. The summed E-state index contributed by atoms with van der Waals surface area (Å²) in [5.74, 6) is -1.44. The van der Waals surface area contributed by atoms with Crippen molar-refractivity contribution in [2.24, 2.45) is 0 Å². The van der Waals surface area contributed by atoms with E-state index < -0.39 is 16.6 Å². The van der Waals surface area contributed by atoms with E-state index >= 15 is 0 Å². The van der Waals surface area contributed by atoms with E-state index in [2.05, 4.69) is 12.1 Å². The summed E-state index contributed by atoms with van der Waals surface area (Å²) in [6.07, 6.45) is 6.10. The number of hydrogen-bond donors (Lipinski definition) is 2. The van der Waals surface area contributed by atoms with Gasteiger partial charge in [0.25, 0.3) is 5.69 Å². The first kappa shape index (κ1) is 32.7. The third kappa shape index (κ3) is 8.52. The van der Waals surface area contributed by atoms with Gasteiger partial charge in [0.05, 0.1) is 18.0 Å². The summed E-state index contributed by atoms with van der Waals surface area (Å²) in [5, 5.41) is 31.4. The number of hydrogen-bond acceptors (Lipinski definition) is 7. The maximum Gasteiger partial charge on any atom is 0.339 e. The van der Waals surface area contributed by atoms with Crippen LogP contribution in [0.5, 0.6) is 5.75 Å². The number of nitro benzene ring substituents is 1. The van der Waals surface area contributed by atoms with Crippen molar-refractivity contribution in [3.8, 4) is 5.75 Å². The lowest BCUT2D eigenvalue weighted by Crippen LogP contribution is -2.37. The molecule has 1 aliphatic rings. The third-order valence-electron chi connectivity index (χ3n) is 8.27. The molecule has 4 aromatic rings. The van der Waals surface area contributed by atoms with Crippen LogP contribution in [0.3, 0.4) is 0 Å². The van der Waals surface area contributed by atoms with Crippen molar-refractivity contribution >= 4 is 35.2 Å². The molecule has 9 nitrogen and oxygen atoms in total. The van der Waals surface area contributed by atoms with Crippen molar-refractivity contribution in [3.05, 3.63) is 129 Å². The van der Waals surface area contributed by atoms with Gasteiger partial charge in [-0.15, -0.1) is 0 Å². The molecule has 1 saturated carbocycles. The van der Waals surface area contributed by atoms with Crippen molar-refractivity contribution in [2.75, 3.05) is 11.4 Å². The fourth-order valence-electron chi connectivity index (χ4n) is 5.78. The summed E-state index contributed by atoms with van der Waals surface area (Å²) in [4.78, 5) is 39.2. The normalized spacial score (nSPS) is 13.4. The summed E-state index contributed by atoms with van der Waals surface area (Å²) in [6, 6.07) is 26.6. The van der Waals surface area contributed by atoms with Crippen LogP contribution >= 0.6 is 11.9 Å². The predicted octanol–water partition coefficient (Wildman–Crippen LogP) is 8.10. The van der Waals surface area contributed by atoms with Gasteiger partial charge in [-0.25, -0.2) is 9.10 Å². The molecular formula is C36H37N3O6S. The van der Waals surface area contributed by atoms with Gasteiger partial charge in [0, 0.05) is 35.3 Å². The van der Waals surface area contributed by atoms with Gasteiger partial charge in [0.2, 0.25) is 5.91 Å². The van der Waals surface area contributed by atoms with Gasteiger partial charge in [0.15, 0.2) is 0 Å². The molecule has 1 fully saturated rings. The maximum atomic E-state index is 14.2. The van der Waals surface area contributed by atoms with Crippen LogP contribution in [0.25, 0.3) is 0 Å². The van der Waals surface area contributed by atoms with Crippen LogP contribution in [0.15, 0.2) is 95.9 Å². The van der Waals surface area contributed by atoms with E-state index in [0.29, 0.717) is 17.2 Å². The SMILES string of the molecule is Cc1ccc(SN(CC(=O)N(Cc2ccc(C3CCCCC3)cc2)c2ccc(C(=O)O)c(O)c2)Cc2cccc([N+](=O)[O-])c2)cc1. The van der Waals surface area contributed by atoms with E-state index in [9.17, 15) is 29.9 Å². The second-order valence-electron chi connectivity index (χ2n) is 11.7. The highest BCUT2D eigenvalue weighted by molar-refractivity contribution is 7.97. The van der Waals surface area contributed by atoms with E-state index in [-0.39, 0.29) is 36.8 Å². The van der Waals surface area contributed by atoms with E-state index in [1.807, 2.05) is 47.6 Å². The number of aryl methyl sites for hydroxylation is 1. The zero-order valence-corrected chi connectivity index (χ0v) is 26.5. The van der Waals surface area contributed by atoms with Crippen molar-refractivity contribution in [1.82, 2.24) is 4.31 Å². The topological polar surface area (TPSA) is 124 Å². The molecule has 1 amide bonds. The fraction of sp³-hybridized carbons (Fsp3) is 0.278. The molecule has 0 saturated heterocycles. The molecule has 0 atom stereocenters. The number of aromatic carboxylic acids is 1. The lowest BCUT2D eigenvalue weighted by molar-refractivity contribution is -0.384. The minimum Gasteiger partial charge on any atom is -0.507 e. The molecule has 1 aliphatic carbocycles.